The van der Waals surface area contributed by atoms with Crippen LogP contribution in [0.15, 0.2) is 21.9 Å². The van der Waals surface area contributed by atoms with Gasteiger partial charge in [0.2, 0.25) is 0 Å². The average molecular weight is 214 g/mol. The number of aryl methyl sites for hydroxylation is 1. The van der Waals surface area contributed by atoms with Crippen LogP contribution in [-0.4, -0.2) is 29.6 Å². The topological polar surface area (TPSA) is 62.5 Å². The Labute approximate surface area is 86.7 Å². The van der Waals surface area contributed by atoms with E-state index in [0.717, 1.165) is 4.57 Å². The molecule has 0 unspecified atom stereocenters. The van der Waals surface area contributed by atoms with E-state index in [-0.39, 0.29) is 17.8 Å². The molecule has 1 heterocycles. The molecule has 0 N–H and O–H groups in total. The van der Waals surface area contributed by atoms with Gasteiger partial charge in [0.15, 0.2) is 6.29 Å². The molecular formula is C9H14N2O4. The van der Waals surface area contributed by atoms with Crippen molar-refractivity contribution in [2.75, 3.05) is 14.2 Å². The third-order valence-corrected chi connectivity index (χ3v) is 2.10. The molecule has 0 atom stereocenters. The summed E-state index contributed by atoms with van der Waals surface area (Å²) in [5, 5.41) is 0. The zero-order valence-electron chi connectivity index (χ0n) is 8.97. The summed E-state index contributed by atoms with van der Waals surface area (Å²) in [6.07, 6.45) is 0.827. The minimum Gasteiger partial charge on any atom is -0.354 e. The highest BCUT2D eigenvalue weighted by Crippen LogP contribution is 1.91. The molecule has 6 nitrogen and oxygen atoms in total. The van der Waals surface area contributed by atoms with Crippen LogP contribution in [0.2, 0.25) is 0 Å². The lowest BCUT2D eigenvalue weighted by Gasteiger charge is -2.14. The van der Waals surface area contributed by atoms with Crippen LogP contribution in [0.1, 0.15) is 0 Å². The third kappa shape index (κ3) is 2.54. The molecule has 0 aliphatic rings. The second-order valence-electron chi connectivity index (χ2n) is 3.06. The van der Waals surface area contributed by atoms with Gasteiger partial charge in [-0.05, 0) is 0 Å². The number of hydrogen-bond acceptors (Lipinski definition) is 4. The Kier molecular flexibility index (Phi) is 3.81. The van der Waals surface area contributed by atoms with Crippen LogP contribution in [0.5, 0.6) is 0 Å². The highest BCUT2D eigenvalue weighted by Gasteiger charge is 2.10. The molecule has 0 aliphatic heterocycles. The molecule has 1 aromatic heterocycles. The summed E-state index contributed by atoms with van der Waals surface area (Å²) < 4.78 is 12.2. The predicted molar refractivity (Wildman–Crippen MR) is 53.7 cm³/mol. The molecule has 0 radical (unpaired) electrons. The molecule has 0 saturated heterocycles. The number of methoxy groups -OCH3 is 2. The molecular weight excluding hydrogens is 200 g/mol. The van der Waals surface area contributed by atoms with Crippen molar-refractivity contribution in [2.45, 2.75) is 12.8 Å². The summed E-state index contributed by atoms with van der Waals surface area (Å²) in [5.41, 5.74) is -0.751. The van der Waals surface area contributed by atoms with Crippen LogP contribution >= 0.6 is 0 Å². The lowest BCUT2D eigenvalue weighted by atomic mass is 10.5. The molecule has 0 aliphatic carbocycles. The Morgan fingerprint density at radius 1 is 1.33 bits per heavy atom. The van der Waals surface area contributed by atoms with Gasteiger partial charge in [-0.2, -0.15) is 0 Å². The van der Waals surface area contributed by atoms with Crippen LogP contribution in [0.4, 0.5) is 0 Å². The molecule has 0 bridgehead atoms. The number of aromatic nitrogens is 2. The Hall–Kier alpha value is -1.40. The van der Waals surface area contributed by atoms with E-state index in [2.05, 4.69) is 0 Å². The zero-order chi connectivity index (χ0) is 11.4. The fourth-order valence-electron chi connectivity index (χ4n) is 1.18. The second-order valence-corrected chi connectivity index (χ2v) is 3.06. The van der Waals surface area contributed by atoms with Crippen LogP contribution in [0.25, 0.3) is 0 Å². The maximum absolute atomic E-state index is 11.6. The number of rotatable bonds is 4. The monoisotopic (exact) mass is 214 g/mol. The highest BCUT2D eigenvalue weighted by atomic mass is 16.7. The van der Waals surface area contributed by atoms with E-state index < -0.39 is 6.29 Å². The molecule has 0 saturated carbocycles. The predicted octanol–water partition coefficient (Wildman–Crippen LogP) is -0.834. The van der Waals surface area contributed by atoms with Crippen LogP contribution in [0.3, 0.4) is 0 Å². The van der Waals surface area contributed by atoms with Crippen molar-refractivity contribution in [3.05, 3.63) is 33.1 Å². The lowest BCUT2D eigenvalue weighted by molar-refractivity contribution is -0.112. The largest absolute Gasteiger partial charge is 0.354 e. The van der Waals surface area contributed by atoms with Crippen molar-refractivity contribution < 1.29 is 9.47 Å². The quantitative estimate of drug-likeness (QED) is 0.613. The van der Waals surface area contributed by atoms with Gasteiger partial charge in [0.1, 0.15) is 0 Å². The molecule has 1 rings (SSSR count). The van der Waals surface area contributed by atoms with E-state index in [4.69, 9.17) is 9.47 Å². The molecule has 0 fully saturated rings. The van der Waals surface area contributed by atoms with Gasteiger partial charge < -0.3 is 14.0 Å². The van der Waals surface area contributed by atoms with Gasteiger partial charge in [0, 0.05) is 33.5 Å². The van der Waals surface area contributed by atoms with Gasteiger partial charge in [-0.3, -0.25) is 9.36 Å². The maximum Gasteiger partial charge on any atom is 0.330 e. The lowest BCUT2D eigenvalue weighted by Crippen LogP contribution is -2.41. The van der Waals surface area contributed by atoms with Crippen molar-refractivity contribution in [1.82, 2.24) is 9.13 Å². The maximum atomic E-state index is 11.6. The smallest absolute Gasteiger partial charge is 0.330 e. The fourth-order valence-corrected chi connectivity index (χ4v) is 1.18. The first kappa shape index (κ1) is 11.7. The molecule has 0 amide bonds. The van der Waals surface area contributed by atoms with Gasteiger partial charge in [-0.15, -0.1) is 0 Å². The van der Waals surface area contributed by atoms with Gasteiger partial charge in [0.05, 0.1) is 6.54 Å². The molecule has 0 spiro atoms. The summed E-state index contributed by atoms with van der Waals surface area (Å²) in [6, 6.07) is 1.32. The standard InChI is InChI=1S/C9H14N2O4/c1-10-5-4-7(12)11(9(10)13)6-8(14-2)15-3/h4-5,8H,6H2,1-3H3. The van der Waals surface area contributed by atoms with E-state index in [9.17, 15) is 9.59 Å². The summed E-state index contributed by atoms with van der Waals surface area (Å²) in [6.45, 7) is 0.0827. The van der Waals surface area contributed by atoms with E-state index in [1.54, 1.807) is 7.05 Å². The molecule has 6 heteroatoms. The minimum atomic E-state index is -0.599. The number of ether oxygens (including phenoxy) is 2. The molecule has 15 heavy (non-hydrogen) atoms. The van der Waals surface area contributed by atoms with Crippen LogP contribution in [-0.2, 0) is 23.1 Å². The first-order valence-corrected chi connectivity index (χ1v) is 4.42. The Bertz CT molecular complexity index is 430. The molecule has 84 valence electrons. The van der Waals surface area contributed by atoms with Crippen LogP contribution < -0.4 is 11.2 Å². The second kappa shape index (κ2) is 4.90. The van der Waals surface area contributed by atoms with Crippen molar-refractivity contribution in [1.29, 1.82) is 0 Å². The summed E-state index contributed by atoms with van der Waals surface area (Å²) in [5.74, 6) is 0. The first-order chi connectivity index (χ1) is 7.10. The van der Waals surface area contributed by atoms with Gasteiger partial charge in [0.25, 0.3) is 5.56 Å². The van der Waals surface area contributed by atoms with Gasteiger partial charge >= 0.3 is 5.69 Å². The van der Waals surface area contributed by atoms with E-state index in [0.29, 0.717) is 0 Å². The summed E-state index contributed by atoms with van der Waals surface area (Å²) in [4.78, 5) is 23.0. The summed E-state index contributed by atoms with van der Waals surface area (Å²) >= 11 is 0. The normalized spacial score (nSPS) is 10.9. The van der Waals surface area contributed by atoms with Gasteiger partial charge in [-0.25, -0.2) is 4.79 Å². The molecule has 0 aromatic carbocycles. The van der Waals surface area contributed by atoms with Crippen molar-refractivity contribution in [2.24, 2.45) is 7.05 Å². The van der Waals surface area contributed by atoms with E-state index in [1.807, 2.05) is 0 Å². The van der Waals surface area contributed by atoms with Crippen LogP contribution in [0, 0.1) is 0 Å². The zero-order valence-corrected chi connectivity index (χ0v) is 8.97. The first-order valence-electron chi connectivity index (χ1n) is 4.42. The highest BCUT2D eigenvalue weighted by molar-refractivity contribution is 4.85. The molecule has 1 aromatic rings. The Morgan fingerprint density at radius 2 is 1.93 bits per heavy atom. The average Bonchev–Trinajstić information content (AvgIpc) is 2.24. The van der Waals surface area contributed by atoms with Crippen molar-refractivity contribution in [3.8, 4) is 0 Å². The van der Waals surface area contributed by atoms with Crippen molar-refractivity contribution in [3.63, 3.8) is 0 Å². The van der Waals surface area contributed by atoms with E-state index >= 15 is 0 Å². The minimum absolute atomic E-state index is 0.0827. The fraction of sp³-hybridized carbons (Fsp3) is 0.556. The SMILES string of the molecule is COC(Cn1c(=O)ccn(C)c1=O)OC. The van der Waals surface area contributed by atoms with Gasteiger partial charge in [-0.1, -0.05) is 0 Å². The van der Waals surface area contributed by atoms with E-state index in [1.165, 1.54) is 31.0 Å². The van der Waals surface area contributed by atoms with Crippen molar-refractivity contribution >= 4 is 0 Å². The number of nitrogens with zero attached hydrogens (tertiary/aromatic N) is 2. The Morgan fingerprint density at radius 3 is 2.47 bits per heavy atom. The third-order valence-electron chi connectivity index (χ3n) is 2.10. The summed E-state index contributed by atoms with van der Waals surface area (Å²) in [7, 11) is 4.48. The number of hydrogen-bond donors (Lipinski definition) is 0. The Balaban J connectivity index is 3.09.